The molecule has 10 heteroatoms. The number of ether oxygens (including phenoxy) is 2. The Kier molecular flexibility index (Phi) is 6.93. The molecule has 0 saturated carbocycles. The van der Waals surface area contributed by atoms with Gasteiger partial charge in [0.2, 0.25) is 0 Å². The van der Waals surface area contributed by atoms with Crippen LogP contribution in [-0.2, 0) is 9.59 Å². The lowest BCUT2D eigenvalue weighted by Crippen LogP contribution is -2.30. The molecule has 3 aromatic rings. The number of halogens is 3. The Bertz CT molecular complexity index is 1370. The third kappa shape index (κ3) is 5.42. The van der Waals surface area contributed by atoms with Crippen LogP contribution < -0.4 is 14.4 Å². The molecular weight excluding hydrogens is 489 g/mol. The van der Waals surface area contributed by atoms with E-state index in [0.717, 1.165) is 17.0 Å². The number of pyridine rings is 1. The van der Waals surface area contributed by atoms with E-state index in [2.05, 4.69) is 9.72 Å². The first-order chi connectivity index (χ1) is 17.5. The molecule has 37 heavy (non-hydrogen) atoms. The van der Waals surface area contributed by atoms with E-state index < -0.39 is 35.6 Å². The summed E-state index contributed by atoms with van der Waals surface area (Å²) in [6.07, 6.45) is -3.58. The molecule has 2 aromatic carbocycles. The number of alkyl halides is 3. The maximum absolute atomic E-state index is 13.2. The number of nitrogens with zero attached hydrogens (tertiary/aromatic N) is 2. The van der Waals surface area contributed by atoms with E-state index in [-0.39, 0.29) is 28.6 Å². The van der Waals surface area contributed by atoms with Crippen LogP contribution in [0.3, 0.4) is 0 Å². The summed E-state index contributed by atoms with van der Waals surface area (Å²) in [4.78, 5) is 31.7. The van der Waals surface area contributed by atoms with Gasteiger partial charge < -0.3 is 14.6 Å². The van der Waals surface area contributed by atoms with Crippen LogP contribution in [0, 0.1) is 6.92 Å². The van der Waals surface area contributed by atoms with Gasteiger partial charge in [-0.2, -0.15) is 0 Å². The van der Waals surface area contributed by atoms with E-state index in [1.807, 2.05) is 13.8 Å². The van der Waals surface area contributed by atoms with Crippen molar-refractivity contribution < 1.29 is 37.3 Å². The number of anilines is 1. The molecule has 1 aliphatic heterocycles. The summed E-state index contributed by atoms with van der Waals surface area (Å²) >= 11 is 0. The fraction of sp³-hybridized carbons (Fsp3) is 0.222. The molecule has 1 unspecified atom stereocenters. The Balaban J connectivity index is 1.85. The summed E-state index contributed by atoms with van der Waals surface area (Å²) in [6, 6.07) is 13.1. The van der Waals surface area contributed by atoms with Crippen LogP contribution in [0.5, 0.6) is 11.5 Å². The summed E-state index contributed by atoms with van der Waals surface area (Å²) in [5.74, 6) is -2.45. The number of aliphatic hydroxyl groups excluding tert-OH is 1. The maximum atomic E-state index is 13.2. The number of ketones is 1. The molecule has 1 atom stereocenters. The number of amides is 1. The van der Waals surface area contributed by atoms with Crippen molar-refractivity contribution in [3.05, 3.63) is 89.3 Å². The zero-order valence-corrected chi connectivity index (χ0v) is 20.1. The lowest BCUT2D eigenvalue weighted by molar-refractivity contribution is -0.274. The summed E-state index contributed by atoms with van der Waals surface area (Å²) in [6.45, 7) is 5.52. The van der Waals surface area contributed by atoms with Crippen molar-refractivity contribution in [2.24, 2.45) is 0 Å². The van der Waals surface area contributed by atoms with Crippen LogP contribution in [0.2, 0.25) is 0 Å². The van der Waals surface area contributed by atoms with Crippen LogP contribution in [0.15, 0.2) is 72.4 Å². The average Bonchev–Trinajstić information content (AvgIpc) is 3.10. The second-order valence-corrected chi connectivity index (χ2v) is 8.62. The minimum atomic E-state index is -4.95. The Morgan fingerprint density at radius 3 is 2.43 bits per heavy atom. The van der Waals surface area contributed by atoms with Crippen molar-refractivity contribution in [1.82, 2.24) is 4.98 Å². The first-order valence-electron chi connectivity index (χ1n) is 11.3. The summed E-state index contributed by atoms with van der Waals surface area (Å²) < 4.78 is 48.1. The Labute approximate surface area is 210 Å². The second kappa shape index (κ2) is 9.96. The molecule has 1 aromatic heterocycles. The molecule has 0 aliphatic carbocycles. The number of hydrogen-bond acceptors (Lipinski definition) is 6. The number of aryl methyl sites for hydroxylation is 1. The van der Waals surface area contributed by atoms with Crippen molar-refractivity contribution in [2.75, 3.05) is 4.90 Å². The fourth-order valence-electron chi connectivity index (χ4n) is 4.09. The number of hydrogen-bond donors (Lipinski definition) is 1. The van der Waals surface area contributed by atoms with E-state index in [9.17, 15) is 27.9 Å². The molecule has 0 spiro atoms. The lowest BCUT2D eigenvalue weighted by Gasteiger charge is -2.25. The largest absolute Gasteiger partial charge is 0.573 e. The molecular formula is C27H23F3N2O5. The van der Waals surface area contributed by atoms with E-state index >= 15 is 0 Å². The fourth-order valence-corrected chi connectivity index (χ4v) is 4.09. The van der Waals surface area contributed by atoms with Crippen molar-refractivity contribution >= 4 is 23.1 Å². The molecule has 192 valence electrons. The normalized spacial score (nSPS) is 17.4. The molecule has 4 rings (SSSR count). The van der Waals surface area contributed by atoms with Gasteiger partial charge in [0.25, 0.3) is 11.7 Å². The highest BCUT2D eigenvalue weighted by atomic mass is 19.4. The van der Waals surface area contributed by atoms with Crippen molar-refractivity contribution in [2.45, 2.75) is 39.3 Å². The van der Waals surface area contributed by atoms with Crippen molar-refractivity contribution in [3.8, 4) is 11.5 Å². The topological polar surface area (TPSA) is 89.0 Å². The van der Waals surface area contributed by atoms with Crippen molar-refractivity contribution in [1.29, 1.82) is 0 Å². The van der Waals surface area contributed by atoms with Crippen LogP contribution >= 0.6 is 0 Å². The Morgan fingerprint density at radius 2 is 1.81 bits per heavy atom. The standard InChI is InChI=1S/C27H23F3N2O5/c1-15(2)36-21-11-10-17(13-16(21)3)24(33)22-23(20-9-4-5-12-31-20)32(26(35)25(22)34)18-7-6-8-19(14-18)37-27(28,29)30/h4-15,23,33H,1-3H3/b24-22+. The number of carbonyl (C=O) groups is 2. The molecule has 1 saturated heterocycles. The predicted molar refractivity (Wildman–Crippen MR) is 129 cm³/mol. The number of carbonyl (C=O) groups excluding carboxylic acids is 2. The SMILES string of the molecule is Cc1cc(/C(O)=C2\C(=O)C(=O)N(c3cccc(OC(F)(F)F)c3)C2c2ccccn2)ccc1OC(C)C. The average molecular weight is 512 g/mol. The summed E-state index contributed by atoms with van der Waals surface area (Å²) in [7, 11) is 0. The van der Waals surface area contributed by atoms with E-state index in [4.69, 9.17) is 4.74 Å². The van der Waals surface area contributed by atoms with E-state index in [0.29, 0.717) is 11.3 Å². The van der Waals surface area contributed by atoms with Gasteiger partial charge in [0, 0.05) is 23.5 Å². The van der Waals surface area contributed by atoms with E-state index in [1.54, 1.807) is 43.3 Å². The van der Waals surface area contributed by atoms with Crippen LogP contribution in [-0.4, -0.2) is 34.2 Å². The summed E-state index contributed by atoms with van der Waals surface area (Å²) in [5, 5.41) is 11.2. The zero-order chi connectivity index (χ0) is 26.9. The number of rotatable bonds is 6. The van der Waals surface area contributed by atoms with Gasteiger partial charge in [0.1, 0.15) is 23.3 Å². The molecule has 0 bridgehead atoms. The highest BCUT2D eigenvalue weighted by Crippen LogP contribution is 2.42. The predicted octanol–water partition coefficient (Wildman–Crippen LogP) is 5.70. The van der Waals surface area contributed by atoms with Gasteiger partial charge in [-0.3, -0.25) is 19.5 Å². The Hall–Kier alpha value is -4.34. The molecule has 1 N–H and O–H groups in total. The maximum Gasteiger partial charge on any atom is 0.573 e. The van der Waals surface area contributed by atoms with Crippen LogP contribution in [0.1, 0.15) is 36.7 Å². The number of aromatic nitrogens is 1. The van der Waals surface area contributed by atoms with E-state index in [1.165, 1.54) is 18.3 Å². The first kappa shape index (κ1) is 25.7. The molecule has 1 aliphatic rings. The quantitative estimate of drug-likeness (QED) is 0.259. The minimum absolute atomic E-state index is 0.0320. The second-order valence-electron chi connectivity index (χ2n) is 8.62. The summed E-state index contributed by atoms with van der Waals surface area (Å²) in [5.41, 5.74) is 0.917. The van der Waals surface area contributed by atoms with Gasteiger partial charge in [-0.25, -0.2) is 0 Å². The van der Waals surface area contributed by atoms with Crippen LogP contribution in [0.4, 0.5) is 18.9 Å². The highest BCUT2D eigenvalue weighted by molar-refractivity contribution is 6.51. The molecule has 1 amide bonds. The zero-order valence-electron chi connectivity index (χ0n) is 20.1. The minimum Gasteiger partial charge on any atom is -0.507 e. The smallest absolute Gasteiger partial charge is 0.507 e. The van der Waals surface area contributed by atoms with Gasteiger partial charge in [-0.15, -0.1) is 13.2 Å². The first-order valence-corrected chi connectivity index (χ1v) is 11.3. The van der Waals surface area contributed by atoms with Gasteiger partial charge in [0.15, 0.2) is 0 Å². The van der Waals surface area contributed by atoms with Crippen LogP contribution in [0.25, 0.3) is 5.76 Å². The number of benzene rings is 2. The van der Waals surface area contributed by atoms with Crippen molar-refractivity contribution in [3.63, 3.8) is 0 Å². The molecule has 1 fully saturated rings. The van der Waals surface area contributed by atoms with Gasteiger partial charge in [0.05, 0.1) is 17.4 Å². The lowest BCUT2D eigenvalue weighted by atomic mass is 9.97. The monoisotopic (exact) mass is 512 g/mol. The van der Waals surface area contributed by atoms with Gasteiger partial charge >= 0.3 is 6.36 Å². The van der Waals surface area contributed by atoms with Gasteiger partial charge in [-0.1, -0.05) is 12.1 Å². The third-order valence-corrected chi connectivity index (χ3v) is 5.55. The molecule has 0 radical (unpaired) electrons. The Morgan fingerprint density at radius 1 is 1.05 bits per heavy atom. The van der Waals surface area contributed by atoms with Gasteiger partial charge in [-0.05, 0) is 68.8 Å². The molecule has 7 nitrogen and oxygen atoms in total. The number of aliphatic hydroxyl groups is 1. The third-order valence-electron chi connectivity index (χ3n) is 5.55. The number of Topliss-reactive ketones (excluding diaryl/α,β-unsaturated/α-hetero) is 1. The molecule has 2 heterocycles. The highest BCUT2D eigenvalue weighted by Gasteiger charge is 2.48.